The minimum Gasteiger partial charge on any atom is -0.481 e. The van der Waals surface area contributed by atoms with Crippen molar-refractivity contribution in [3.05, 3.63) is 53.6 Å². The Hall–Kier alpha value is -3.27. The molecule has 3 fully saturated rings. The second-order valence-corrected chi connectivity index (χ2v) is 11.2. The maximum Gasteiger partial charge on any atom is 0.390 e. The van der Waals surface area contributed by atoms with Gasteiger partial charge >= 0.3 is 18.2 Å². The topological polar surface area (TPSA) is 90.9 Å². The Morgan fingerprint density at radius 2 is 1.66 bits per heavy atom. The van der Waals surface area contributed by atoms with Gasteiger partial charge in [0.25, 0.3) is 0 Å². The van der Waals surface area contributed by atoms with E-state index in [1.807, 2.05) is 19.1 Å². The number of ether oxygens (including phenoxy) is 1. The van der Waals surface area contributed by atoms with E-state index in [2.05, 4.69) is 10.6 Å². The van der Waals surface area contributed by atoms with Crippen LogP contribution in [0, 0.1) is 12.8 Å². The molecule has 0 spiro atoms. The first-order chi connectivity index (χ1) is 19.6. The smallest absolute Gasteiger partial charge is 0.390 e. The number of amides is 2. The third kappa shape index (κ3) is 9.38. The summed E-state index contributed by atoms with van der Waals surface area (Å²) in [6.07, 6.45) is 2.34. The van der Waals surface area contributed by atoms with Crippen LogP contribution in [0.3, 0.4) is 0 Å². The summed E-state index contributed by atoms with van der Waals surface area (Å²) in [5, 5.41) is 15.0. The second kappa shape index (κ2) is 14.1. The summed E-state index contributed by atoms with van der Waals surface area (Å²) in [6.45, 7) is 3.73. The number of nitrogens with one attached hydrogen (secondary N) is 2. The molecule has 1 heterocycles. The van der Waals surface area contributed by atoms with Crippen LogP contribution < -0.4 is 15.5 Å². The summed E-state index contributed by atoms with van der Waals surface area (Å²) in [6, 6.07) is 11.9. The van der Waals surface area contributed by atoms with Gasteiger partial charge in [0.05, 0.1) is 23.7 Å². The summed E-state index contributed by atoms with van der Waals surface area (Å²) in [5.74, 6) is -1.52. The number of urea groups is 1. The first kappa shape index (κ1) is 30.7. The number of nitrogens with zero attached hydrogens (tertiary/aromatic N) is 1. The van der Waals surface area contributed by atoms with Gasteiger partial charge in [-0.25, -0.2) is 4.79 Å². The van der Waals surface area contributed by atoms with Crippen molar-refractivity contribution in [2.45, 2.75) is 82.8 Å². The van der Waals surface area contributed by atoms with Crippen LogP contribution in [0.2, 0.25) is 0 Å². The van der Waals surface area contributed by atoms with Crippen LogP contribution in [0.5, 0.6) is 0 Å². The van der Waals surface area contributed by atoms with E-state index in [0.717, 1.165) is 56.4 Å². The van der Waals surface area contributed by atoms with Crippen LogP contribution in [0.4, 0.5) is 35.0 Å². The molecule has 10 heteroatoms. The minimum absolute atomic E-state index is 0.0552. The molecule has 224 valence electrons. The molecule has 0 radical (unpaired) electrons. The van der Waals surface area contributed by atoms with E-state index in [0.29, 0.717) is 23.5 Å². The highest BCUT2D eigenvalue weighted by Gasteiger charge is 2.44. The number of carbonyl (C=O) groups is 2. The van der Waals surface area contributed by atoms with Crippen molar-refractivity contribution in [2.24, 2.45) is 5.92 Å². The third-order valence-electron chi connectivity index (χ3n) is 7.90. The number of anilines is 3. The zero-order valence-corrected chi connectivity index (χ0v) is 23.5. The highest BCUT2D eigenvalue weighted by molar-refractivity contribution is 6.02. The monoisotopic (exact) mass is 575 g/mol. The van der Waals surface area contributed by atoms with Gasteiger partial charge in [0.2, 0.25) is 0 Å². The van der Waals surface area contributed by atoms with E-state index in [4.69, 9.17) is 4.74 Å². The highest BCUT2D eigenvalue weighted by Crippen LogP contribution is 2.49. The van der Waals surface area contributed by atoms with E-state index >= 15 is 0 Å². The van der Waals surface area contributed by atoms with E-state index in [1.165, 1.54) is 12.8 Å². The number of carboxylic acids is 1. The van der Waals surface area contributed by atoms with Gasteiger partial charge in [-0.2, -0.15) is 13.2 Å². The van der Waals surface area contributed by atoms with Gasteiger partial charge in [-0.15, -0.1) is 0 Å². The van der Waals surface area contributed by atoms with Gasteiger partial charge in [0.15, 0.2) is 0 Å². The van der Waals surface area contributed by atoms with E-state index < -0.39 is 30.5 Å². The molecule has 7 nitrogen and oxygen atoms in total. The Morgan fingerprint density at radius 1 is 0.976 bits per heavy atom. The zero-order valence-electron chi connectivity index (χ0n) is 23.5. The molecule has 41 heavy (non-hydrogen) atoms. The van der Waals surface area contributed by atoms with Crippen molar-refractivity contribution in [1.29, 1.82) is 0 Å². The first-order valence-corrected chi connectivity index (χ1v) is 14.5. The summed E-state index contributed by atoms with van der Waals surface area (Å²) < 4.78 is 44.6. The lowest BCUT2D eigenvalue weighted by atomic mass is 9.93. The molecule has 2 aliphatic carbocycles. The van der Waals surface area contributed by atoms with E-state index in [1.54, 1.807) is 35.2 Å². The fraction of sp³-hybridized carbons (Fsp3) is 0.548. The number of aliphatic carboxylic acids is 1. The van der Waals surface area contributed by atoms with Gasteiger partial charge in [-0.3, -0.25) is 4.79 Å². The molecule has 2 atom stereocenters. The lowest BCUT2D eigenvalue weighted by Gasteiger charge is -2.37. The number of benzene rings is 2. The largest absolute Gasteiger partial charge is 0.481 e. The Morgan fingerprint density at radius 3 is 2.22 bits per heavy atom. The molecule has 1 saturated heterocycles. The predicted molar refractivity (Wildman–Crippen MR) is 154 cm³/mol. The van der Waals surface area contributed by atoms with Crippen molar-refractivity contribution in [3.8, 4) is 0 Å². The zero-order chi connectivity index (χ0) is 29.4. The number of alkyl halides is 3. The molecule has 0 aromatic heterocycles. The fourth-order valence-electron chi connectivity index (χ4n) is 5.54. The molecule has 1 aliphatic heterocycles. The SMILES string of the molecule is C1CCOC1.Cc1ccc(NC(=O)Nc2cc([C@@H]3C[C@@H]3C(=O)O)ccc2N(CCC(F)(F)F)C2CCCCC2)cc1. The third-order valence-corrected chi connectivity index (χ3v) is 7.90. The van der Waals surface area contributed by atoms with E-state index in [9.17, 15) is 27.9 Å². The number of hydrogen-bond donors (Lipinski definition) is 3. The quantitative estimate of drug-likeness (QED) is 0.300. The van der Waals surface area contributed by atoms with Gasteiger partial charge in [-0.05, 0) is 74.8 Å². The van der Waals surface area contributed by atoms with Gasteiger partial charge in [0.1, 0.15) is 0 Å². The van der Waals surface area contributed by atoms with Gasteiger partial charge < -0.3 is 25.4 Å². The van der Waals surface area contributed by atoms with E-state index in [-0.39, 0.29) is 18.5 Å². The van der Waals surface area contributed by atoms with Crippen molar-refractivity contribution >= 4 is 29.1 Å². The standard InChI is InChI=1S/C27H32F3N3O3.C4H8O/c1-17-7-10-19(11-8-17)31-26(36)32-23-15-18(21-16-22(21)25(34)35)9-12-24(23)33(14-13-27(28,29)30)20-5-3-2-4-6-20;1-2-4-5-3-1/h7-12,15,20-22H,2-6,13-14,16H2,1H3,(H,34,35)(H2,31,32,36);1-4H2/t21-,22-;/m0./s1. The number of carboxylic acid groups (broad SMARTS) is 1. The van der Waals surface area contributed by atoms with Crippen LogP contribution in [-0.2, 0) is 9.53 Å². The Labute approximate surface area is 239 Å². The molecule has 3 N–H and O–H groups in total. The average Bonchev–Trinajstić information content (AvgIpc) is 3.51. The Bertz CT molecular complexity index is 1150. The average molecular weight is 576 g/mol. The van der Waals surface area contributed by atoms with Crippen molar-refractivity contribution < 1.29 is 32.6 Å². The molecule has 0 bridgehead atoms. The lowest BCUT2D eigenvalue weighted by Crippen LogP contribution is -2.39. The molecule has 2 aromatic carbocycles. The summed E-state index contributed by atoms with van der Waals surface area (Å²) in [5.41, 5.74) is 3.31. The summed E-state index contributed by atoms with van der Waals surface area (Å²) >= 11 is 0. The molecule has 3 aliphatic rings. The summed E-state index contributed by atoms with van der Waals surface area (Å²) in [7, 11) is 0. The van der Waals surface area contributed by atoms with Crippen molar-refractivity contribution in [1.82, 2.24) is 0 Å². The first-order valence-electron chi connectivity index (χ1n) is 14.5. The molecule has 0 unspecified atom stereocenters. The molecule has 5 rings (SSSR count). The number of aryl methyl sites for hydroxylation is 1. The van der Waals surface area contributed by atoms with Crippen molar-refractivity contribution in [2.75, 3.05) is 35.3 Å². The molecule has 2 amide bonds. The lowest BCUT2D eigenvalue weighted by molar-refractivity contribution is -0.138. The second-order valence-electron chi connectivity index (χ2n) is 11.2. The molecule has 2 aromatic rings. The van der Waals surface area contributed by atoms with Crippen LogP contribution in [0.25, 0.3) is 0 Å². The number of hydrogen-bond acceptors (Lipinski definition) is 4. The van der Waals surface area contributed by atoms with Crippen LogP contribution in [-0.4, -0.2) is 49.1 Å². The van der Waals surface area contributed by atoms with Crippen molar-refractivity contribution in [3.63, 3.8) is 0 Å². The summed E-state index contributed by atoms with van der Waals surface area (Å²) in [4.78, 5) is 26.1. The minimum atomic E-state index is -4.30. The molecular weight excluding hydrogens is 535 g/mol. The van der Waals surface area contributed by atoms with Gasteiger partial charge in [0, 0.05) is 31.5 Å². The number of halogens is 3. The molecular formula is C31H40F3N3O4. The van der Waals surface area contributed by atoms with Gasteiger partial charge in [-0.1, -0.05) is 43.0 Å². The maximum atomic E-state index is 13.2. The number of rotatable bonds is 8. The molecule has 2 saturated carbocycles. The Balaban J connectivity index is 0.000000699. The highest BCUT2D eigenvalue weighted by atomic mass is 19.4. The normalized spacial score (nSPS) is 20.5. The fourth-order valence-corrected chi connectivity index (χ4v) is 5.54. The van der Waals surface area contributed by atoms with Crippen LogP contribution in [0.15, 0.2) is 42.5 Å². The Kier molecular flexibility index (Phi) is 10.5. The maximum absolute atomic E-state index is 13.2. The number of carbonyl (C=O) groups excluding carboxylic acids is 1. The predicted octanol–water partition coefficient (Wildman–Crippen LogP) is 7.72. The van der Waals surface area contributed by atoms with Crippen LogP contribution in [0.1, 0.15) is 74.8 Å². The van der Waals surface area contributed by atoms with Crippen LogP contribution >= 0.6 is 0 Å².